The van der Waals surface area contributed by atoms with Crippen LogP contribution in [0.3, 0.4) is 0 Å². The second kappa shape index (κ2) is 8.26. The Bertz CT molecular complexity index is 1250. The van der Waals surface area contributed by atoms with E-state index in [0.717, 1.165) is 32.9 Å². The van der Waals surface area contributed by atoms with Crippen LogP contribution in [-0.2, 0) is 11.3 Å². The molecule has 0 bridgehead atoms. The van der Waals surface area contributed by atoms with Crippen molar-refractivity contribution >= 4 is 33.6 Å². The Hall–Kier alpha value is -3.84. The zero-order chi connectivity index (χ0) is 21.1. The molecule has 0 atom stereocenters. The molecule has 0 aliphatic rings. The van der Waals surface area contributed by atoms with E-state index in [2.05, 4.69) is 21.7 Å². The minimum Gasteiger partial charge on any atom is -0.481 e. The Morgan fingerprint density at radius 2 is 1.67 bits per heavy atom. The molecular weight excluding hydrogens is 380 g/mol. The summed E-state index contributed by atoms with van der Waals surface area (Å²) in [6, 6.07) is 21.6. The van der Waals surface area contributed by atoms with Crippen molar-refractivity contribution in [3.05, 3.63) is 77.9 Å². The molecule has 4 aromatic rings. The van der Waals surface area contributed by atoms with E-state index in [1.165, 1.54) is 0 Å². The van der Waals surface area contributed by atoms with Crippen LogP contribution in [0.25, 0.3) is 21.8 Å². The topological polar surface area (TPSA) is 116 Å². The largest absolute Gasteiger partial charge is 0.481 e. The number of hydrogen-bond acceptors (Lipinski definition) is 4. The molecule has 0 spiro atoms. The van der Waals surface area contributed by atoms with Crippen molar-refractivity contribution in [3.63, 3.8) is 0 Å². The van der Waals surface area contributed by atoms with Crippen molar-refractivity contribution < 1.29 is 14.6 Å². The number of aromatic nitrogens is 1. The predicted octanol–water partition coefficient (Wildman–Crippen LogP) is 2.93. The lowest BCUT2D eigenvalue weighted by atomic mass is 10.0. The van der Waals surface area contributed by atoms with Crippen LogP contribution in [0.1, 0.15) is 11.1 Å². The first kappa shape index (κ1) is 19.5. The van der Waals surface area contributed by atoms with Gasteiger partial charge in [0.25, 0.3) is 0 Å². The van der Waals surface area contributed by atoms with Gasteiger partial charge in [-0.25, -0.2) is 4.79 Å². The fourth-order valence-corrected chi connectivity index (χ4v) is 3.75. The maximum atomic E-state index is 11.1. The smallest absolute Gasteiger partial charge is 0.341 e. The number of aliphatic imine (C=N–C) groups is 1. The van der Waals surface area contributed by atoms with Gasteiger partial charge in [-0.15, -0.1) is 0 Å². The van der Waals surface area contributed by atoms with E-state index in [1.54, 1.807) is 6.07 Å². The molecule has 152 valence electrons. The van der Waals surface area contributed by atoms with Crippen molar-refractivity contribution in [1.29, 1.82) is 0 Å². The van der Waals surface area contributed by atoms with Crippen LogP contribution in [0.15, 0.2) is 71.7 Å². The van der Waals surface area contributed by atoms with Crippen LogP contribution >= 0.6 is 0 Å². The first-order valence-corrected chi connectivity index (χ1v) is 9.53. The quantitative estimate of drug-likeness (QED) is 0.325. The van der Waals surface area contributed by atoms with Crippen molar-refractivity contribution in [1.82, 2.24) is 4.57 Å². The number of nitrogens with two attached hydrogens (primary N) is 2. The highest BCUT2D eigenvalue weighted by Crippen LogP contribution is 2.38. The molecule has 3 aromatic carbocycles. The number of rotatable bonds is 7. The maximum absolute atomic E-state index is 11.1. The van der Waals surface area contributed by atoms with Gasteiger partial charge in [-0.1, -0.05) is 48.5 Å². The normalized spacial score (nSPS) is 11.8. The molecule has 0 saturated carbocycles. The van der Waals surface area contributed by atoms with Gasteiger partial charge in [0, 0.05) is 17.5 Å². The van der Waals surface area contributed by atoms with E-state index in [1.807, 2.05) is 48.5 Å². The lowest BCUT2D eigenvalue weighted by Crippen LogP contribution is -2.16. The fraction of sp³-hybridized carbons (Fsp3) is 0.130. The minimum absolute atomic E-state index is 0.0766. The van der Waals surface area contributed by atoms with Crippen LogP contribution in [-0.4, -0.2) is 34.8 Å². The second-order valence-electron chi connectivity index (χ2n) is 6.83. The average Bonchev–Trinajstić information content (AvgIpc) is 3.07. The number of carboxylic acid groups (broad SMARTS) is 1. The molecule has 0 unspecified atom stereocenters. The standard InChI is InChI=1S/C23H22N4O3/c24-14-26-23(25)16-8-4-9-17-21(16)22-18(10-5-11-19(22)30-13-20(28)29)27(17)12-15-6-2-1-3-7-15/h1-11H,12-14,24H2,(H2,25,26)(H,28,29). The molecule has 0 saturated heterocycles. The van der Waals surface area contributed by atoms with Crippen LogP contribution < -0.4 is 16.2 Å². The number of fused-ring (bicyclic) bond motifs is 3. The molecule has 4 rings (SSSR count). The van der Waals surface area contributed by atoms with Gasteiger partial charge in [-0.2, -0.15) is 0 Å². The first-order valence-electron chi connectivity index (χ1n) is 9.53. The van der Waals surface area contributed by atoms with Gasteiger partial charge in [0.15, 0.2) is 6.61 Å². The Morgan fingerprint density at radius 1 is 0.967 bits per heavy atom. The summed E-state index contributed by atoms with van der Waals surface area (Å²) in [5.74, 6) is -0.223. The highest BCUT2D eigenvalue weighted by molar-refractivity contribution is 6.20. The number of carbonyl (C=O) groups is 1. The zero-order valence-corrected chi connectivity index (χ0v) is 16.3. The molecular formula is C23H22N4O3. The van der Waals surface area contributed by atoms with Gasteiger partial charge in [0.1, 0.15) is 11.6 Å². The highest BCUT2D eigenvalue weighted by Gasteiger charge is 2.19. The monoisotopic (exact) mass is 402 g/mol. The van der Waals surface area contributed by atoms with E-state index >= 15 is 0 Å². The number of benzene rings is 3. The average molecular weight is 402 g/mol. The molecule has 1 aromatic heterocycles. The third-order valence-electron chi connectivity index (χ3n) is 4.95. The van der Waals surface area contributed by atoms with Gasteiger partial charge in [0.05, 0.1) is 23.1 Å². The molecule has 0 fully saturated rings. The number of amidine groups is 1. The van der Waals surface area contributed by atoms with E-state index in [9.17, 15) is 4.79 Å². The second-order valence-corrected chi connectivity index (χ2v) is 6.83. The molecule has 0 aliphatic heterocycles. The van der Waals surface area contributed by atoms with E-state index in [0.29, 0.717) is 18.1 Å². The first-order chi connectivity index (χ1) is 14.6. The fourth-order valence-electron chi connectivity index (χ4n) is 3.75. The number of hydrogen-bond donors (Lipinski definition) is 3. The number of nitrogens with zero attached hydrogens (tertiary/aromatic N) is 2. The summed E-state index contributed by atoms with van der Waals surface area (Å²) < 4.78 is 7.80. The van der Waals surface area contributed by atoms with Crippen molar-refractivity contribution in [2.45, 2.75) is 6.54 Å². The van der Waals surface area contributed by atoms with E-state index in [4.69, 9.17) is 21.3 Å². The van der Waals surface area contributed by atoms with Gasteiger partial charge in [-0.05, 0) is 23.8 Å². The number of carboxylic acids is 1. The van der Waals surface area contributed by atoms with Crippen molar-refractivity contribution in [2.24, 2.45) is 16.5 Å². The molecule has 1 heterocycles. The van der Waals surface area contributed by atoms with Crippen LogP contribution in [0.4, 0.5) is 0 Å². The summed E-state index contributed by atoms with van der Waals surface area (Å²) in [5, 5.41) is 10.8. The van der Waals surface area contributed by atoms with Gasteiger partial charge in [-0.3, -0.25) is 4.99 Å². The summed E-state index contributed by atoms with van der Waals surface area (Å²) in [6.45, 7) is 0.285. The number of aliphatic carboxylic acids is 1. The van der Waals surface area contributed by atoms with Gasteiger partial charge >= 0.3 is 5.97 Å². The van der Waals surface area contributed by atoms with Gasteiger partial charge < -0.3 is 25.9 Å². The molecule has 7 nitrogen and oxygen atoms in total. The van der Waals surface area contributed by atoms with E-state index in [-0.39, 0.29) is 6.67 Å². The molecule has 0 amide bonds. The summed E-state index contributed by atoms with van der Waals surface area (Å²) in [6.07, 6.45) is 0. The maximum Gasteiger partial charge on any atom is 0.341 e. The van der Waals surface area contributed by atoms with Crippen LogP contribution in [0.5, 0.6) is 5.75 Å². The van der Waals surface area contributed by atoms with E-state index < -0.39 is 12.6 Å². The third kappa shape index (κ3) is 3.58. The minimum atomic E-state index is -1.04. The summed E-state index contributed by atoms with van der Waals surface area (Å²) >= 11 is 0. The zero-order valence-electron chi connectivity index (χ0n) is 16.3. The SMILES string of the molecule is NCN=C(N)c1cccc2c1c1c(OCC(=O)O)cccc1n2Cc1ccccc1. The number of ether oxygens (including phenoxy) is 1. The molecule has 7 heteroatoms. The summed E-state index contributed by atoms with van der Waals surface area (Å²) in [7, 11) is 0. The molecule has 0 radical (unpaired) electrons. The van der Waals surface area contributed by atoms with Crippen molar-refractivity contribution in [3.8, 4) is 5.75 Å². The summed E-state index contributed by atoms with van der Waals surface area (Å²) in [5.41, 5.74) is 15.6. The van der Waals surface area contributed by atoms with Crippen LogP contribution in [0, 0.1) is 0 Å². The highest BCUT2D eigenvalue weighted by atomic mass is 16.5. The molecule has 30 heavy (non-hydrogen) atoms. The lowest BCUT2D eigenvalue weighted by molar-refractivity contribution is -0.139. The third-order valence-corrected chi connectivity index (χ3v) is 4.95. The predicted molar refractivity (Wildman–Crippen MR) is 118 cm³/mol. The Morgan fingerprint density at radius 3 is 2.37 bits per heavy atom. The lowest BCUT2D eigenvalue weighted by Gasteiger charge is -2.09. The Balaban J connectivity index is 2.03. The molecule has 0 aliphatic carbocycles. The van der Waals surface area contributed by atoms with Crippen molar-refractivity contribution in [2.75, 3.05) is 13.3 Å². The summed E-state index contributed by atoms with van der Waals surface area (Å²) in [4.78, 5) is 15.3. The Labute approximate surface area is 173 Å². The Kier molecular flexibility index (Phi) is 5.36. The van der Waals surface area contributed by atoms with Crippen LogP contribution in [0.2, 0.25) is 0 Å². The molecule has 5 N–H and O–H groups in total. The van der Waals surface area contributed by atoms with Gasteiger partial charge in [0.2, 0.25) is 0 Å².